The fourth-order valence-corrected chi connectivity index (χ4v) is 2.12. The van der Waals surface area contributed by atoms with Gasteiger partial charge in [0.2, 0.25) is 5.91 Å². The van der Waals surface area contributed by atoms with Crippen LogP contribution in [0.25, 0.3) is 0 Å². The number of anilines is 1. The average molecular weight is 249 g/mol. The first-order chi connectivity index (χ1) is 8.15. The predicted octanol–water partition coefficient (Wildman–Crippen LogP) is 3.38. The molecule has 0 saturated carbocycles. The summed E-state index contributed by atoms with van der Waals surface area (Å²) in [5.41, 5.74) is 2.04. The summed E-state index contributed by atoms with van der Waals surface area (Å²) in [6.45, 7) is 1.69. The molecule has 0 aliphatic carbocycles. The summed E-state index contributed by atoms with van der Waals surface area (Å²) < 4.78 is 13.3. The Kier molecular flexibility index (Phi) is 3.54. The maximum Gasteiger partial charge on any atom is 0.228 e. The number of carbonyl (C=O) groups excluding carboxylic acids is 1. The zero-order chi connectivity index (χ0) is 12.3. The molecule has 1 N–H and O–H groups in total. The SMILES string of the molecule is Cc1ccc(NC(=O)Cc2ccsc2)cc1F. The van der Waals surface area contributed by atoms with Gasteiger partial charge in [0.25, 0.3) is 0 Å². The van der Waals surface area contributed by atoms with E-state index < -0.39 is 0 Å². The van der Waals surface area contributed by atoms with Crippen molar-refractivity contribution in [2.45, 2.75) is 13.3 Å². The third kappa shape index (κ3) is 3.14. The van der Waals surface area contributed by atoms with Gasteiger partial charge in [-0.05, 0) is 47.0 Å². The molecule has 1 heterocycles. The smallest absolute Gasteiger partial charge is 0.228 e. The molecule has 2 nitrogen and oxygen atoms in total. The molecule has 2 rings (SSSR count). The van der Waals surface area contributed by atoms with Crippen molar-refractivity contribution in [2.24, 2.45) is 0 Å². The number of carbonyl (C=O) groups is 1. The van der Waals surface area contributed by atoms with E-state index in [4.69, 9.17) is 0 Å². The minimum Gasteiger partial charge on any atom is -0.326 e. The van der Waals surface area contributed by atoms with Crippen LogP contribution < -0.4 is 5.32 Å². The van der Waals surface area contributed by atoms with Crippen molar-refractivity contribution in [3.8, 4) is 0 Å². The van der Waals surface area contributed by atoms with Crippen molar-refractivity contribution in [2.75, 3.05) is 5.32 Å². The third-order valence-electron chi connectivity index (χ3n) is 2.40. The summed E-state index contributed by atoms with van der Waals surface area (Å²) in [4.78, 5) is 11.6. The number of hydrogen-bond acceptors (Lipinski definition) is 2. The molecule has 0 aliphatic heterocycles. The van der Waals surface area contributed by atoms with E-state index in [0.29, 0.717) is 17.7 Å². The monoisotopic (exact) mass is 249 g/mol. The Morgan fingerprint density at radius 2 is 2.24 bits per heavy atom. The number of thiophene rings is 1. The van der Waals surface area contributed by atoms with E-state index in [1.54, 1.807) is 30.4 Å². The van der Waals surface area contributed by atoms with Crippen LogP contribution in [0.3, 0.4) is 0 Å². The van der Waals surface area contributed by atoms with Gasteiger partial charge in [-0.3, -0.25) is 4.79 Å². The van der Waals surface area contributed by atoms with Crippen LogP contribution in [0.4, 0.5) is 10.1 Å². The molecular formula is C13H12FNOS. The van der Waals surface area contributed by atoms with Crippen molar-refractivity contribution >= 4 is 22.9 Å². The molecule has 0 fully saturated rings. The second-order valence-corrected chi connectivity index (χ2v) is 4.60. The summed E-state index contributed by atoms with van der Waals surface area (Å²) in [5.74, 6) is -0.440. The van der Waals surface area contributed by atoms with Gasteiger partial charge < -0.3 is 5.32 Å². The Balaban J connectivity index is 2.00. The fraction of sp³-hybridized carbons (Fsp3) is 0.154. The lowest BCUT2D eigenvalue weighted by Gasteiger charge is -2.05. The molecule has 2 aromatic rings. The Bertz CT molecular complexity index is 522. The molecule has 1 aromatic heterocycles. The van der Waals surface area contributed by atoms with Gasteiger partial charge in [-0.25, -0.2) is 4.39 Å². The molecule has 0 spiro atoms. The van der Waals surface area contributed by atoms with Gasteiger partial charge in [0.1, 0.15) is 5.82 Å². The first-order valence-electron chi connectivity index (χ1n) is 5.22. The summed E-state index contributed by atoms with van der Waals surface area (Å²) in [6.07, 6.45) is 0.318. The van der Waals surface area contributed by atoms with Crippen molar-refractivity contribution in [3.05, 3.63) is 52.0 Å². The molecule has 0 radical (unpaired) electrons. The molecule has 88 valence electrons. The number of halogens is 1. The van der Waals surface area contributed by atoms with Crippen LogP contribution in [0.5, 0.6) is 0 Å². The predicted molar refractivity (Wildman–Crippen MR) is 67.8 cm³/mol. The first-order valence-corrected chi connectivity index (χ1v) is 6.16. The van der Waals surface area contributed by atoms with Gasteiger partial charge in [-0.15, -0.1) is 0 Å². The van der Waals surface area contributed by atoms with E-state index in [2.05, 4.69) is 5.32 Å². The van der Waals surface area contributed by atoms with Gasteiger partial charge in [0, 0.05) is 5.69 Å². The second-order valence-electron chi connectivity index (χ2n) is 3.82. The highest BCUT2D eigenvalue weighted by molar-refractivity contribution is 7.08. The highest BCUT2D eigenvalue weighted by Gasteiger charge is 2.05. The van der Waals surface area contributed by atoms with Crippen LogP contribution in [0, 0.1) is 12.7 Å². The number of benzene rings is 1. The lowest BCUT2D eigenvalue weighted by Crippen LogP contribution is -2.14. The van der Waals surface area contributed by atoms with Crippen LogP contribution >= 0.6 is 11.3 Å². The van der Waals surface area contributed by atoms with Crippen molar-refractivity contribution in [3.63, 3.8) is 0 Å². The number of amides is 1. The molecule has 0 saturated heterocycles. The van der Waals surface area contributed by atoms with Crippen LogP contribution in [0.2, 0.25) is 0 Å². The van der Waals surface area contributed by atoms with Crippen LogP contribution in [0.1, 0.15) is 11.1 Å². The normalized spacial score (nSPS) is 10.2. The van der Waals surface area contributed by atoms with Crippen LogP contribution in [-0.2, 0) is 11.2 Å². The number of hydrogen-bond donors (Lipinski definition) is 1. The maximum atomic E-state index is 13.3. The molecule has 0 atom stereocenters. The van der Waals surface area contributed by atoms with Gasteiger partial charge in [-0.1, -0.05) is 6.07 Å². The molecule has 0 aliphatic rings. The first kappa shape index (κ1) is 11.8. The van der Waals surface area contributed by atoms with E-state index in [0.717, 1.165) is 5.56 Å². The van der Waals surface area contributed by atoms with Crippen molar-refractivity contribution in [1.29, 1.82) is 0 Å². The molecule has 4 heteroatoms. The minimum atomic E-state index is -0.307. The Morgan fingerprint density at radius 1 is 1.41 bits per heavy atom. The van der Waals surface area contributed by atoms with Gasteiger partial charge in [-0.2, -0.15) is 11.3 Å². The van der Waals surface area contributed by atoms with Crippen LogP contribution in [-0.4, -0.2) is 5.91 Å². The zero-order valence-electron chi connectivity index (χ0n) is 9.37. The third-order valence-corrected chi connectivity index (χ3v) is 3.13. The van der Waals surface area contributed by atoms with Gasteiger partial charge in [0.05, 0.1) is 6.42 Å². The lowest BCUT2D eigenvalue weighted by molar-refractivity contribution is -0.115. The van der Waals surface area contributed by atoms with E-state index in [-0.39, 0.29) is 11.7 Å². The highest BCUT2D eigenvalue weighted by atomic mass is 32.1. The summed E-state index contributed by atoms with van der Waals surface area (Å²) in [5, 5.41) is 6.52. The van der Waals surface area contributed by atoms with E-state index in [1.807, 2.05) is 16.8 Å². The standard InChI is InChI=1S/C13H12FNOS/c1-9-2-3-11(7-12(9)14)15-13(16)6-10-4-5-17-8-10/h2-5,7-8H,6H2,1H3,(H,15,16). The molecule has 17 heavy (non-hydrogen) atoms. The maximum absolute atomic E-state index is 13.3. The highest BCUT2D eigenvalue weighted by Crippen LogP contribution is 2.14. The average Bonchev–Trinajstić information content (AvgIpc) is 2.76. The molecular weight excluding hydrogens is 237 g/mol. The van der Waals surface area contributed by atoms with Gasteiger partial charge >= 0.3 is 0 Å². The lowest BCUT2D eigenvalue weighted by atomic mass is 10.2. The molecule has 0 bridgehead atoms. The van der Waals surface area contributed by atoms with E-state index in [1.165, 1.54) is 6.07 Å². The quantitative estimate of drug-likeness (QED) is 0.887. The Morgan fingerprint density at radius 3 is 2.88 bits per heavy atom. The summed E-state index contributed by atoms with van der Waals surface area (Å²) in [6, 6.07) is 6.58. The summed E-state index contributed by atoms with van der Waals surface area (Å²) >= 11 is 1.55. The topological polar surface area (TPSA) is 29.1 Å². The fourth-order valence-electron chi connectivity index (χ4n) is 1.45. The van der Waals surface area contributed by atoms with E-state index in [9.17, 15) is 9.18 Å². The Labute approximate surface area is 103 Å². The Hall–Kier alpha value is -1.68. The molecule has 0 unspecified atom stereocenters. The van der Waals surface area contributed by atoms with Crippen LogP contribution in [0.15, 0.2) is 35.0 Å². The van der Waals surface area contributed by atoms with Gasteiger partial charge in [0.15, 0.2) is 0 Å². The number of nitrogens with one attached hydrogen (secondary N) is 1. The van der Waals surface area contributed by atoms with E-state index >= 15 is 0 Å². The summed E-state index contributed by atoms with van der Waals surface area (Å²) in [7, 11) is 0. The largest absolute Gasteiger partial charge is 0.326 e. The molecule has 1 aromatic carbocycles. The van der Waals surface area contributed by atoms with Crippen molar-refractivity contribution < 1.29 is 9.18 Å². The second kappa shape index (κ2) is 5.10. The molecule has 1 amide bonds. The minimum absolute atomic E-state index is 0.133. The number of rotatable bonds is 3. The zero-order valence-corrected chi connectivity index (χ0v) is 10.2. The number of aryl methyl sites for hydroxylation is 1. The van der Waals surface area contributed by atoms with Crippen molar-refractivity contribution in [1.82, 2.24) is 0 Å².